The Labute approximate surface area is 204 Å². The van der Waals surface area contributed by atoms with E-state index in [2.05, 4.69) is 52.2 Å². The molecule has 0 fully saturated rings. The molecule has 0 aliphatic carbocycles. The van der Waals surface area contributed by atoms with Gasteiger partial charge in [-0.2, -0.15) is 0 Å². The number of nitrogens with one attached hydrogen (secondary N) is 2. The highest BCUT2D eigenvalue weighted by Gasteiger charge is 2.24. The average molecular weight is 469 g/mol. The van der Waals surface area contributed by atoms with Crippen LogP contribution in [0.4, 0.5) is 9.59 Å². The van der Waals surface area contributed by atoms with Gasteiger partial charge in [0.25, 0.3) is 0 Å². The van der Waals surface area contributed by atoms with E-state index in [1.54, 1.807) is 12.1 Å². The van der Waals surface area contributed by atoms with Gasteiger partial charge in [0.2, 0.25) is 0 Å². The lowest BCUT2D eigenvalue weighted by Gasteiger charge is -2.24. The summed E-state index contributed by atoms with van der Waals surface area (Å²) >= 11 is 0. The monoisotopic (exact) mass is 468 g/mol. The van der Waals surface area contributed by atoms with Crippen LogP contribution in [0.5, 0.6) is 11.5 Å². The zero-order valence-electron chi connectivity index (χ0n) is 22.3. The van der Waals surface area contributed by atoms with Gasteiger partial charge in [-0.3, -0.25) is 0 Å². The maximum Gasteiger partial charge on any atom is 0.412 e. The Morgan fingerprint density at radius 1 is 0.647 bits per heavy atom. The van der Waals surface area contributed by atoms with Crippen molar-refractivity contribution in [1.82, 2.24) is 10.6 Å². The second kappa shape index (κ2) is 10.5. The maximum absolute atomic E-state index is 12.5. The molecule has 0 aliphatic heterocycles. The van der Waals surface area contributed by atoms with Crippen LogP contribution in [0.2, 0.25) is 0 Å². The highest BCUT2D eigenvalue weighted by molar-refractivity contribution is 5.83. The fourth-order valence-corrected chi connectivity index (χ4v) is 3.32. The molecule has 2 amide bonds. The lowest BCUT2D eigenvalue weighted by molar-refractivity contribution is 0.196. The first-order valence-corrected chi connectivity index (χ1v) is 11.8. The van der Waals surface area contributed by atoms with Crippen LogP contribution in [-0.2, 0) is 10.8 Å². The molecule has 2 aromatic carbocycles. The lowest BCUT2D eigenvalue weighted by atomic mass is 9.83. The predicted octanol–water partition coefficient (Wildman–Crippen LogP) is 6.94. The van der Waals surface area contributed by atoms with Crippen molar-refractivity contribution >= 4 is 12.2 Å². The van der Waals surface area contributed by atoms with Crippen molar-refractivity contribution in [3.63, 3.8) is 0 Å². The van der Waals surface area contributed by atoms with E-state index < -0.39 is 12.2 Å². The molecule has 0 atom stereocenters. The first kappa shape index (κ1) is 27.2. The quantitative estimate of drug-likeness (QED) is 0.498. The van der Waals surface area contributed by atoms with Crippen molar-refractivity contribution < 1.29 is 19.1 Å². The summed E-state index contributed by atoms with van der Waals surface area (Å²) in [5.41, 5.74) is 3.24. The van der Waals surface area contributed by atoms with Gasteiger partial charge in [-0.25, -0.2) is 9.59 Å². The average Bonchev–Trinajstić information content (AvgIpc) is 2.65. The standard InChI is InChI=1S/C28H40N2O4/c1-17(2)29-25(31)33-23-13-11-19(27(5,6)7)15-21(23)22-16-20(28(8,9)10)12-14-24(22)34-26(32)30-18(3)4/h11-18H,1-10H3,(H,29,31)(H,30,32). The van der Waals surface area contributed by atoms with Crippen LogP contribution in [0.15, 0.2) is 36.4 Å². The van der Waals surface area contributed by atoms with E-state index in [0.29, 0.717) is 22.6 Å². The van der Waals surface area contributed by atoms with E-state index in [9.17, 15) is 9.59 Å². The first-order valence-electron chi connectivity index (χ1n) is 11.8. The molecule has 6 nitrogen and oxygen atoms in total. The Balaban J connectivity index is 2.72. The van der Waals surface area contributed by atoms with E-state index in [1.165, 1.54) is 0 Å². The lowest BCUT2D eigenvalue weighted by Crippen LogP contribution is -2.33. The van der Waals surface area contributed by atoms with Gasteiger partial charge in [-0.15, -0.1) is 0 Å². The first-order chi connectivity index (χ1) is 15.6. The molecule has 0 aromatic heterocycles. The topological polar surface area (TPSA) is 76.7 Å². The van der Waals surface area contributed by atoms with Gasteiger partial charge in [0, 0.05) is 23.2 Å². The van der Waals surface area contributed by atoms with Crippen molar-refractivity contribution in [2.75, 3.05) is 0 Å². The summed E-state index contributed by atoms with van der Waals surface area (Å²) in [5.74, 6) is 0.789. The molecule has 0 aliphatic rings. The molecule has 2 N–H and O–H groups in total. The molecule has 0 unspecified atom stereocenters. The van der Waals surface area contributed by atoms with Gasteiger partial charge < -0.3 is 20.1 Å². The number of carbonyl (C=O) groups is 2. The normalized spacial score (nSPS) is 12.0. The molecule has 0 saturated carbocycles. The third kappa shape index (κ3) is 7.51. The summed E-state index contributed by atoms with van der Waals surface area (Å²) in [6.07, 6.45) is -1.07. The zero-order chi connectivity index (χ0) is 25.8. The molecule has 34 heavy (non-hydrogen) atoms. The van der Waals surface area contributed by atoms with E-state index in [4.69, 9.17) is 9.47 Å². The molecule has 186 valence electrons. The van der Waals surface area contributed by atoms with Crippen molar-refractivity contribution in [3.8, 4) is 22.6 Å². The van der Waals surface area contributed by atoms with Gasteiger partial charge in [-0.05, 0) is 73.9 Å². The van der Waals surface area contributed by atoms with Crippen LogP contribution in [0.1, 0.15) is 80.4 Å². The van der Waals surface area contributed by atoms with E-state index >= 15 is 0 Å². The summed E-state index contributed by atoms with van der Waals surface area (Å²) in [7, 11) is 0. The smallest absolute Gasteiger partial charge is 0.410 e. The molecular formula is C28H40N2O4. The van der Waals surface area contributed by atoms with Crippen LogP contribution in [0.3, 0.4) is 0 Å². The highest BCUT2D eigenvalue weighted by Crippen LogP contribution is 2.41. The zero-order valence-corrected chi connectivity index (χ0v) is 22.3. The largest absolute Gasteiger partial charge is 0.412 e. The number of ether oxygens (including phenoxy) is 2. The third-order valence-electron chi connectivity index (χ3n) is 5.20. The minimum atomic E-state index is -0.535. The van der Waals surface area contributed by atoms with Crippen LogP contribution >= 0.6 is 0 Å². The summed E-state index contributed by atoms with van der Waals surface area (Å²) < 4.78 is 11.4. The van der Waals surface area contributed by atoms with Gasteiger partial charge >= 0.3 is 12.2 Å². The molecule has 2 rings (SSSR count). The Hall–Kier alpha value is -3.02. The Bertz CT molecular complexity index is 944. The third-order valence-corrected chi connectivity index (χ3v) is 5.20. The molecule has 0 heterocycles. The van der Waals surface area contributed by atoms with Crippen molar-refractivity contribution in [2.24, 2.45) is 0 Å². The number of amides is 2. The minimum Gasteiger partial charge on any atom is -0.410 e. The molecule has 6 heteroatoms. The van der Waals surface area contributed by atoms with Crippen molar-refractivity contribution in [3.05, 3.63) is 47.5 Å². The Morgan fingerprint density at radius 3 is 1.24 bits per heavy atom. The van der Waals surface area contributed by atoms with Crippen LogP contribution in [-0.4, -0.2) is 24.3 Å². The fraction of sp³-hybridized carbons (Fsp3) is 0.500. The fourth-order valence-electron chi connectivity index (χ4n) is 3.32. The molecule has 0 spiro atoms. The SMILES string of the molecule is CC(C)NC(=O)Oc1ccc(C(C)(C)C)cc1-c1cc(C(C)(C)C)ccc1OC(=O)NC(C)C. The highest BCUT2D eigenvalue weighted by atomic mass is 16.6. The maximum atomic E-state index is 12.5. The van der Waals surface area contributed by atoms with Crippen LogP contribution in [0.25, 0.3) is 11.1 Å². The summed E-state index contributed by atoms with van der Waals surface area (Å²) in [6, 6.07) is 11.4. The Morgan fingerprint density at radius 2 is 0.971 bits per heavy atom. The van der Waals surface area contributed by atoms with Crippen molar-refractivity contribution in [2.45, 2.75) is 92.2 Å². The molecular weight excluding hydrogens is 428 g/mol. The minimum absolute atomic E-state index is 0.0624. The Kier molecular flexibility index (Phi) is 8.40. The summed E-state index contributed by atoms with van der Waals surface area (Å²) in [4.78, 5) is 24.9. The number of benzene rings is 2. The molecule has 0 saturated heterocycles. The van der Waals surface area contributed by atoms with E-state index in [0.717, 1.165) is 11.1 Å². The van der Waals surface area contributed by atoms with Crippen LogP contribution in [0, 0.1) is 0 Å². The summed E-state index contributed by atoms with van der Waals surface area (Å²) in [5, 5.41) is 5.52. The van der Waals surface area contributed by atoms with E-state index in [1.807, 2.05) is 52.0 Å². The van der Waals surface area contributed by atoms with Crippen molar-refractivity contribution in [1.29, 1.82) is 0 Å². The van der Waals surface area contributed by atoms with E-state index in [-0.39, 0.29) is 22.9 Å². The molecule has 2 aromatic rings. The van der Waals surface area contributed by atoms with Gasteiger partial charge in [0.1, 0.15) is 11.5 Å². The second-order valence-corrected chi connectivity index (χ2v) is 11.3. The van der Waals surface area contributed by atoms with Crippen LogP contribution < -0.4 is 20.1 Å². The molecule has 0 radical (unpaired) electrons. The molecule has 0 bridgehead atoms. The predicted molar refractivity (Wildman–Crippen MR) is 138 cm³/mol. The van der Waals surface area contributed by atoms with Gasteiger partial charge in [-0.1, -0.05) is 53.7 Å². The van der Waals surface area contributed by atoms with Gasteiger partial charge in [0.05, 0.1) is 0 Å². The number of hydrogen-bond acceptors (Lipinski definition) is 4. The number of hydrogen-bond donors (Lipinski definition) is 2. The number of rotatable bonds is 5. The van der Waals surface area contributed by atoms with Gasteiger partial charge in [0.15, 0.2) is 0 Å². The summed E-state index contributed by atoms with van der Waals surface area (Å²) in [6.45, 7) is 20.2. The number of carbonyl (C=O) groups excluding carboxylic acids is 2. The second-order valence-electron chi connectivity index (χ2n) is 11.3.